The molecule has 0 aliphatic heterocycles. The van der Waals surface area contributed by atoms with Gasteiger partial charge in [-0.15, -0.1) is 0 Å². The molecule has 8 heteroatoms. The van der Waals surface area contributed by atoms with Gasteiger partial charge in [0.2, 0.25) is 6.10 Å². The quantitative estimate of drug-likeness (QED) is 0.842. The van der Waals surface area contributed by atoms with Crippen LogP contribution < -0.4 is 10.5 Å². The number of hydrogen-bond donors (Lipinski definition) is 1. The first-order chi connectivity index (χ1) is 8.12. The van der Waals surface area contributed by atoms with Crippen LogP contribution >= 0.6 is 34.8 Å². The zero-order chi connectivity index (χ0) is 14.1. The number of ether oxygens (including phenoxy) is 1. The van der Waals surface area contributed by atoms with Gasteiger partial charge in [-0.25, -0.2) is 0 Å². The van der Waals surface area contributed by atoms with E-state index in [4.69, 9.17) is 45.3 Å². The number of rotatable bonds is 3. The van der Waals surface area contributed by atoms with Crippen molar-refractivity contribution in [2.75, 3.05) is 0 Å². The van der Waals surface area contributed by atoms with Crippen molar-refractivity contribution in [2.24, 2.45) is 5.73 Å². The molecule has 2 unspecified atom stereocenters. The van der Waals surface area contributed by atoms with E-state index in [1.165, 1.54) is 13.0 Å². The Bertz CT molecular complexity index is 437. The third kappa shape index (κ3) is 3.82. The zero-order valence-electron chi connectivity index (χ0n) is 9.06. The average molecular weight is 323 g/mol. The summed E-state index contributed by atoms with van der Waals surface area (Å²) in [6, 6.07) is 1.07. The summed E-state index contributed by atoms with van der Waals surface area (Å²) in [6.07, 6.45) is -6.78. The maximum absolute atomic E-state index is 12.7. The van der Waals surface area contributed by atoms with Gasteiger partial charge in [-0.2, -0.15) is 13.2 Å². The lowest BCUT2D eigenvalue weighted by molar-refractivity contribution is -0.199. The van der Waals surface area contributed by atoms with Crippen LogP contribution in [-0.2, 0) is 0 Å². The Kier molecular flexibility index (Phi) is 5.00. The molecule has 102 valence electrons. The number of benzene rings is 1. The Labute approximate surface area is 117 Å². The summed E-state index contributed by atoms with van der Waals surface area (Å²) in [5, 5.41) is 0.0966. The molecule has 0 bridgehead atoms. The second-order valence-corrected chi connectivity index (χ2v) is 4.86. The van der Waals surface area contributed by atoms with Crippen molar-refractivity contribution < 1.29 is 17.9 Å². The number of hydrogen-bond acceptors (Lipinski definition) is 2. The molecule has 1 aromatic rings. The molecule has 0 heterocycles. The molecule has 0 saturated carbocycles. The van der Waals surface area contributed by atoms with E-state index < -0.39 is 18.3 Å². The monoisotopic (exact) mass is 321 g/mol. The minimum Gasteiger partial charge on any atom is -0.478 e. The number of halogens is 6. The van der Waals surface area contributed by atoms with Gasteiger partial charge in [0.1, 0.15) is 5.75 Å². The van der Waals surface area contributed by atoms with Crippen LogP contribution in [0, 0.1) is 0 Å². The largest absolute Gasteiger partial charge is 0.478 e. The fraction of sp³-hybridized carbons (Fsp3) is 0.400. The average Bonchev–Trinajstić information content (AvgIpc) is 2.19. The third-order valence-corrected chi connectivity index (χ3v) is 3.05. The number of alkyl halides is 3. The molecule has 0 saturated heterocycles. The summed E-state index contributed by atoms with van der Waals surface area (Å²) in [6.45, 7) is 1.18. The molecule has 0 aromatic heterocycles. The lowest BCUT2D eigenvalue weighted by Gasteiger charge is -2.25. The minimum atomic E-state index is -4.61. The molecule has 2 atom stereocenters. The zero-order valence-corrected chi connectivity index (χ0v) is 11.3. The van der Waals surface area contributed by atoms with Crippen molar-refractivity contribution in [3.8, 4) is 5.75 Å². The topological polar surface area (TPSA) is 35.2 Å². The highest BCUT2D eigenvalue weighted by atomic mass is 35.5. The Morgan fingerprint density at radius 2 is 1.61 bits per heavy atom. The minimum absolute atomic E-state index is 0.0432. The van der Waals surface area contributed by atoms with Crippen molar-refractivity contribution in [1.29, 1.82) is 0 Å². The van der Waals surface area contributed by atoms with Crippen LogP contribution in [0.25, 0.3) is 0 Å². The second kappa shape index (κ2) is 5.74. The highest BCUT2D eigenvalue weighted by molar-refractivity contribution is 6.43. The van der Waals surface area contributed by atoms with Crippen LogP contribution in [0.15, 0.2) is 12.1 Å². The van der Waals surface area contributed by atoms with E-state index in [2.05, 4.69) is 0 Å². The Morgan fingerprint density at radius 1 is 1.11 bits per heavy atom. The van der Waals surface area contributed by atoms with Crippen LogP contribution in [0.5, 0.6) is 5.75 Å². The van der Waals surface area contributed by atoms with E-state index in [1.54, 1.807) is 0 Å². The molecule has 0 spiro atoms. The van der Waals surface area contributed by atoms with Crippen LogP contribution in [0.2, 0.25) is 15.1 Å². The molecule has 1 rings (SSSR count). The molecule has 0 amide bonds. The summed E-state index contributed by atoms with van der Waals surface area (Å²) >= 11 is 17.1. The molecule has 0 fully saturated rings. The van der Waals surface area contributed by atoms with E-state index in [-0.39, 0.29) is 20.8 Å². The van der Waals surface area contributed by atoms with Gasteiger partial charge in [0.25, 0.3) is 0 Å². The van der Waals surface area contributed by atoms with E-state index in [1.807, 2.05) is 0 Å². The van der Waals surface area contributed by atoms with Gasteiger partial charge >= 0.3 is 6.18 Å². The highest BCUT2D eigenvalue weighted by Gasteiger charge is 2.44. The molecule has 0 radical (unpaired) electrons. The smallest absolute Gasteiger partial charge is 0.426 e. The normalized spacial score (nSPS) is 15.3. The van der Waals surface area contributed by atoms with Crippen LogP contribution in [0.3, 0.4) is 0 Å². The van der Waals surface area contributed by atoms with Crippen LogP contribution in [0.4, 0.5) is 13.2 Å². The van der Waals surface area contributed by atoms with Gasteiger partial charge in [0.15, 0.2) is 0 Å². The maximum atomic E-state index is 12.7. The van der Waals surface area contributed by atoms with Crippen LogP contribution in [-0.4, -0.2) is 18.3 Å². The second-order valence-electron chi connectivity index (χ2n) is 3.64. The van der Waals surface area contributed by atoms with Crippen molar-refractivity contribution in [2.45, 2.75) is 25.2 Å². The summed E-state index contributed by atoms with van der Waals surface area (Å²) < 4.78 is 42.8. The van der Waals surface area contributed by atoms with Gasteiger partial charge in [-0.1, -0.05) is 34.8 Å². The fourth-order valence-corrected chi connectivity index (χ4v) is 1.79. The first-order valence-electron chi connectivity index (χ1n) is 4.76. The van der Waals surface area contributed by atoms with Gasteiger partial charge < -0.3 is 10.5 Å². The molecule has 0 aliphatic carbocycles. The summed E-state index contributed by atoms with van der Waals surface area (Å²) in [5.74, 6) is -0.217. The maximum Gasteiger partial charge on any atom is 0.426 e. The Hall–Kier alpha value is -0.360. The van der Waals surface area contributed by atoms with E-state index >= 15 is 0 Å². The molecular formula is C10H9Cl3F3NO. The van der Waals surface area contributed by atoms with E-state index in [0.717, 1.165) is 6.07 Å². The van der Waals surface area contributed by atoms with Crippen LogP contribution in [0.1, 0.15) is 6.92 Å². The molecule has 18 heavy (non-hydrogen) atoms. The van der Waals surface area contributed by atoms with Gasteiger partial charge in [-0.05, 0) is 13.0 Å². The highest BCUT2D eigenvalue weighted by Crippen LogP contribution is 2.36. The van der Waals surface area contributed by atoms with Gasteiger partial charge in [0, 0.05) is 12.1 Å². The Morgan fingerprint density at radius 3 is 2.06 bits per heavy atom. The molecule has 2 nitrogen and oxygen atoms in total. The van der Waals surface area contributed by atoms with Crippen molar-refractivity contribution in [3.05, 3.63) is 27.2 Å². The number of nitrogens with two attached hydrogens (primary N) is 1. The lowest BCUT2D eigenvalue weighted by atomic mass is 10.2. The Balaban J connectivity index is 3.05. The first kappa shape index (κ1) is 15.7. The summed E-state index contributed by atoms with van der Waals surface area (Å²) in [5.41, 5.74) is 5.24. The molecule has 2 N–H and O–H groups in total. The van der Waals surface area contributed by atoms with Crippen molar-refractivity contribution in [3.63, 3.8) is 0 Å². The molecular weight excluding hydrogens is 313 g/mol. The first-order valence-corrected chi connectivity index (χ1v) is 5.90. The van der Waals surface area contributed by atoms with Gasteiger partial charge in [-0.3, -0.25) is 0 Å². The summed E-state index contributed by atoms with van der Waals surface area (Å²) in [7, 11) is 0. The predicted octanol–water partition coefficient (Wildman–Crippen LogP) is 4.30. The molecule has 1 aromatic carbocycles. The van der Waals surface area contributed by atoms with Crippen molar-refractivity contribution in [1.82, 2.24) is 0 Å². The van der Waals surface area contributed by atoms with Crippen molar-refractivity contribution >= 4 is 34.8 Å². The van der Waals surface area contributed by atoms with E-state index in [9.17, 15) is 13.2 Å². The summed E-state index contributed by atoms with van der Waals surface area (Å²) in [4.78, 5) is 0. The predicted molar refractivity (Wildman–Crippen MR) is 65.6 cm³/mol. The SMILES string of the molecule is CC(N)C(Oc1cc(Cl)c(Cl)cc1Cl)C(F)(F)F. The molecule has 0 aliphatic rings. The van der Waals surface area contributed by atoms with Gasteiger partial charge in [0.05, 0.1) is 15.1 Å². The third-order valence-electron chi connectivity index (χ3n) is 2.03. The fourth-order valence-electron chi connectivity index (χ4n) is 1.20. The lowest BCUT2D eigenvalue weighted by Crippen LogP contribution is -2.47. The standard InChI is InChI=1S/C10H9Cl3F3NO/c1-4(17)9(10(14,15)16)18-8-3-6(12)5(11)2-7(8)13/h2-4,9H,17H2,1H3. The van der Waals surface area contributed by atoms with E-state index in [0.29, 0.717) is 0 Å².